The maximum atomic E-state index is 13.3. The number of aryl methyl sites for hydroxylation is 1. The van der Waals surface area contributed by atoms with Crippen molar-refractivity contribution >= 4 is 11.9 Å². The standard InChI is InChI=1S/C22H18FN3O3/c23-16-9-7-15(8-10-16)18-12-24-19(29-18)13-26-20(27)22(25-21(26)28)11-3-5-14-4-1-2-6-17(14)22/h1-2,4,6-10,12H,3,5,11,13H2,(H,25,28)/t22-/m0/s1. The van der Waals surface area contributed by atoms with Crippen LogP contribution in [0.3, 0.4) is 0 Å². The molecule has 0 unspecified atom stereocenters. The van der Waals surface area contributed by atoms with Gasteiger partial charge in [-0.05, 0) is 54.7 Å². The molecule has 1 aliphatic carbocycles. The second-order valence-corrected chi connectivity index (χ2v) is 7.36. The minimum Gasteiger partial charge on any atom is -0.439 e. The lowest BCUT2D eigenvalue weighted by Crippen LogP contribution is -2.46. The van der Waals surface area contributed by atoms with Crippen molar-refractivity contribution in [3.8, 4) is 11.3 Å². The lowest BCUT2D eigenvalue weighted by atomic mass is 9.76. The van der Waals surface area contributed by atoms with E-state index in [1.165, 1.54) is 18.3 Å². The maximum absolute atomic E-state index is 13.3. The molecule has 6 nitrogen and oxygen atoms in total. The van der Waals surface area contributed by atoms with Gasteiger partial charge in [-0.1, -0.05) is 24.3 Å². The molecule has 7 heteroatoms. The van der Waals surface area contributed by atoms with Gasteiger partial charge >= 0.3 is 6.03 Å². The molecule has 2 aliphatic rings. The van der Waals surface area contributed by atoms with Crippen molar-refractivity contribution in [1.29, 1.82) is 0 Å². The Hall–Kier alpha value is -3.48. The number of fused-ring (bicyclic) bond motifs is 2. The van der Waals surface area contributed by atoms with Crippen LogP contribution in [-0.4, -0.2) is 21.8 Å². The zero-order valence-corrected chi connectivity index (χ0v) is 15.5. The van der Waals surface area contributed by atoms with Gasteiger partial charge in [0.15, 0.2) is 5.76 Å². The van der Waals surface area contributed by atoms with Gasteiger partial charge in [0.1, 0.15) is 17.9 Å². The van der Waals surface area contributed by atoms with Gasteiger partial charge in [0, 0.05) is 5.56 Å². The zero-order chi connectivity index (χ0) is 20.0. The molecule has 1 saturated heterocycles. The summed E-state index contributed by atoms with van der Waals surface area (Å²) in [7, 11) is 0. The van der Waals surface area contributed by atoms with Crippen molar-refractivity contribution in [3.05, 3.63) is 77.6 Å². The zero-order valence-electron chi connectivity index (χ0n) is 15.5. The average Bonchev–Trinajstić information content (AvgIpc) is 3.29. The van der Waals surface area contributed by atoms with Crippen molar-refractivity contribution in [1.82, 2.24) is 15.2 Å². The highest BCUT2D eigenvalue weighted by molar-refractivity contribution is 6.07. The first-order valence-electron chi connectivity index (χ1n) is 9.50. The third-order valence-electron chi connectivity index (χ3n) is 5.63. The highest BCUT2D eigenvalue weighted by Crippen LogP contribution is 2.40. The molecule has 29 heavy (non-hydrogen) atoms. The van der Waals surface area contributed by atoms with E-state index in [9.17, 15) is 14.0 Å². The summed E-state index contributed by atoms with van der Waals surface area (Å²) in [5.74, 6) is 0.0702. The van der Waals surface area contributed by atoms with Gasteiger partial charge in [-0.25, -0.2) is 14.2 Å². The van der Waals surface area contributed by atoms with Crippen LogP contribution >= 0.6 is 0 Å². The van der Waals surface area contributed by atoms with Crippen LogP contribution in [-0.2, 0) is 23.3 Å². The van der Waals surface area contributed by atoms with Crippen molar-refractivity contribution in [2.75, 3.05) is 0 Å². The first-order valence-corrected chi connectivity index (χ1v) is 9.50. The molecule has 146 valence electrons. The van der Waals surface area contributed by atoms with E-state index in [0.717, 1.165) is 28.9 Å². The Labute approximate surface area is 166 Å². The molecular formula is C22H18FN3O3. The first kappa shape index (κ1) is 17.6. The van der Waals surface area contributed by atoms with E-state index < -0.39 is 11.6 Å². The SMILES string of the molecule is O=C1N[C@]2(CCCc3ccccc32)C(=O)N1Cc1ncc(-c2ccc(F)cc2)o1. The smallest absolute Gasteiger partial charge is 0.325 e. The predicted molar refractivity (Wildman–Crippen MR) is 102 cm³/mol. The van der Waals surface area contributed by atoms with E-state index in [1.807, 2.05) is 24.3 Å². The topological polar surface area (TPSA) is 75.4 Å². The number of imide groups is 1. The third kappa shape index (κ3) is 2.81. The number of oxazole rings is 1. The van der Waals surface area contributed by atoms with Crippen LogP contribution in [0.25, 0.3) is 11.3 Å². The largest absolute Gasteiger partial charge is 0.439 e. The molecule has 0 bridgehead atoms. The predicted octanol–water partition coefficient (Wildman–Crippen LogP) is 3.76. The highest BCUT2D eigenvalue weighted by Gasteiger charge is 2.54. The number of nitrogens with zero attached hydrogens (tertiary/aromatic N) is 2. The van der Waals surface area contributed by atoms with Crippen molar-refractivity contribution in [2.45, 2.75) is 31.3 Å². The number of carbonyl (C=O) groups is 2. The lowest BCUT2D eigenvalue weighted by Gasteiger charge is -2.33. The average molecular weight is 391 g/mol. The molecule has 2 heterocycles. The number of aromatic nitrogens is 1. The summed E-state index contributed by atoms with van der Waals surface area (Å²) in [5, 5.41) is 2.92. The minimum atomic E-state index is -1.02. The van der Waals surface area contributed by atoms with Crippen LogP contribution in [0.5, 0.6) is 0 Å². The number of urea groups is 1. The molecule has 1 aromatic heterocycles. The maximum Gasteiger partial charge on any atom is 0.325 e. The molecule has 2 aromatic carbocycles. The van der Waals surface area contributed by atoms with Crippen LogP contribution in [0.2, 0.25) is 0 Å². The first-order chi connectivity index (χ1) is 14.1. The fourth-order valence-electron chi connectivity index (χ4n) is 4.22. The van der Waals surface area contributed by atoms with Crippen molar-refractivity contribution < 1.29 is 18.4 Å². The van der Waals surface area contributed by atoms with Crippen LogP contribution in [0.1, 0.15) is 29.9 Å². The van der Waals surface area contributed by atoms with E-state index in [1.54, 1.807) is 12.1 Å². The van der Waals surface area contributed by atoms with Crippen molar-refractivity contribution in [2.24, 2.45) is 0 Å². The van der Waals surface area contributed by atoms with Gasteiger partial charge in [0.05, 0.1) is 6.20 Å². The van der Waals surface area contributed by atoms with E-state index in [4.69, 9.17) is 4.42 Å². The van der Waals surface area contributed by atoms with Crippen molar-refractivity contribution in [3.63, 3.8) is 0 Å². The molecule has 1 spiro atoms. The summed E-state index contributed by atoms with van der Waals surface area (Å²) in [6.45, 7) is -0.0597. The van der Waals surface area contributed by atoms with Crippen LogP contribution in [0.4, 0.5) is 9.18 Å². The van der Waals surface area contributed by atoms with E-state index in [2.05, 4.69) is 10.3 Å². The van der Waals surface area contributed by atoms with Gasteiger partial charge in [-0.3, -0.25) is 9.69 Å². The molecule has 1 aliphatic heterocycles. The second kappa shape index (κ2) is 6.55. The van der Waals surface area contributed by atoms with Crippen LogP contribution in [0, 0.1) is 5.82 Å². The Kier molecular flexibility index (Phi) is 3.97. The summed E-state index contributed by atoms with van der Waals surface area (Å²) >= 11 is 0. The number of halogens is 1. The quantitative estimate of drug-likeness (QED) is 0.690. The molecule has 0 radical (unpaired) electrons. The minimum absolute atomic E-state index is 0.0597. The van der Waals surface area contributed by atoms with Crippen LogP contribution < -0.4 is 5.32 Å². The van der Waals surface area contributed by atoms with Gasteiger partial charge in [-0.2, -0.15) is 0 Å². The third-order valence-corrected chi connectivity index (χ3v) is 5.63. The Morgan fingerprint density at radius 1 is 1.14 bits per heavy atom. The number of hydrogen-bond acceptors (Lipinski definition) is 4. The normalized spacial score (nSPS) is 20.8. The molecule has 3 amide bonds. The number of amides is 3. The molecule has 3 aromatic rings. The number of rotatable bonds is 3. The summed E-state index contributed by atoms with van der Waals surface area (Å²) in [6.07, 6.45) is 3.79. The Bertz CT molecular complexity index is 1110. The Balaban J connectivity index is 1.42. The molecule has 1 fully saturated rings. The van der Waals surface area contributed by atoms with Gasteiger partial charge in [0.2, 0.25) is 5.89 Å². The number of carbonyl (C=O) groups excluding carboxylic acids is 2. The molecule has 5 rings (SSSR count). The number of benzene rings is 2. The second-order valence-electron chi connectivity index (χ2n) is 7.36. The monoisotopic (exact) mass is 391 g/mol. The van der Waals surface area contributed by atoms with Gasteiger partial charge < -0.3 is 9.73 Å². The summed E-state index contributed by atoms with van der Waals surface area (Å²) < 4.78 is 18.8. The van der Waals surface area contributed by atoms with Gasteiger partial charge in [-0.15, -0.1) is 0 Å². The summed E-state index contributed by atoms with van der Waals surface area (Å²) in [5.41, 5.74) is 1.61. The fraction of sp³-hybridized carbons (Fsp3) is 0.227. The van der Waals surface area contributed by atoms with Gasteiger partial charge in [0.25, 0.3) is 5.91 Å². The lowest BCUT2D eigenvalue weighted by molar-refractivity contribution is -0.132. The molecule has 0 saturated carbocycles. The summed E-state index contributed by atoms with van der Waals surface area (Å²) in [4.78, 5) is 31.3. The van der Waals surface area contributed by atoms with E-state index in [-0.39, 0.29) is 24.2 Å². The highest BCUT2D eigenvalue weighted by atomic mass is 19.1. The molecular weight excluding hydrogens is 373 g/mol. The van der Waals surface area contributed by atoms with E-state index in [0.29, 0.717) is 17.7 Å². The van der Waals surface area contributed by atoms with Crippen LogP contribution in [0.15, 0.2) is 59.1 Å². The van der Waals surface area contributed by atoms with E-state index >= 15 is 0 Å². The molecule has 1 atom stereocenters. The summed E-state index contributed by atoms with van der Waals surface area (Å²) in [6, 6.07) is 13.1. The Morgan fingerprint density at radius 2 is 1.93 bits per heavy atom. The Morgan fingerprint density at radius 3 is 2.76 bits per heavy atom. The number of hydrogen-bond donors (Lipinski definition) is 1. The number of nitrogens with one attached hydrogen (secondary N) is 1. The molecule has 1 N–H and O–H groups in total. The fourth-order valence-corrected chi connectivity index (χ4v) is 4.22.